The predicted molar refractivity (Wildman–Crippen MR) is 253 cm³/mol. The molecule has 3 N–H and O–H groups in total. The molecule has 0 bridgehead atoms. The molecule has 2 fully saturated rings. The quantitative estimate of drug-likeness (QED) is 0.112. The Morgan fingerprint density at radius 2 is 1.75 bits per heavy atom. The number of aromatic nitrogens is 7. The van der Waals surface area contributed by atoms with Crippen molar-refractivity contribution in [3.8, 4) is 17.2 Å². The number of ether oxygens (including phenoxy) is 1. The summed E-state index contributed by atoms with van der Waals surface area (Å²) in [7, 11) is -1.19. The van der Waals surface area contributed by atoms with Crippen LogP contribution < -0.4 is 22.1 Å². The molecule has 350 valence electrons. The van der Waals surface area contributed by atoms with Crippen molar-refractivity contribution in [3.05, 3.63) is 133 Å². The first-order chi connectivity index (χ1) is 32.2. The summed E-state index contributed by atoms with van der Waals surface area (Å²) in [6.45, 7) is 10.7. The van der Waals surface area contributed by atoms with Crippen molar-refractivity contribution in [1.29, 1.82) is 0 Å². The Hall–Kier alpha value is -6.29. The van der Waals surface area contributed by atoms with Gasteiger partial charge in [-0.25, -0.2) is 18.7 Å². The number of nitrogens with one attached hydrogen (secondary N) is 2. The van der Waals surface area contributed by atoms with E-state index in [4.69, 9.17) is 14.4 Å². The fourth-order valence-corrected chi connectivity index (χ4v) is 13.0. The smallest absolute Gasteiger partial charge is 0.396 e. The summed E-state index contributed by atoms with van der Waals surface area (Å²) in [6, 6.07) is 16.4. The predicted octanol–water partition coefficient (Wildman–Crippen LogP) is 6.68. The molecule has 7 aromatic rings. The number of hydrogen-bond acceptors (Lipinski definition) is 10. The Morgan fingerprint density at radius 3 is 2.40 bits per heavy atom. The van der Waals surface area contributed by atoms with Crippen molar-refractivity contribution in [2.75, 3.05) is 51.1 Å². The number of fused-ring (bicyclic) bond motifs is 2. The van der Waals surface area contributed by atoms with E-state index < -0.39 is 30.2 Å². The molecule has 1 aliphatic carbocycles. The van der Waals surface area contributed by atoms with Crippen molar-refractivity contribution < 1.29 is 28.1 Å². The van der Waals surface area contributed by atoms with Crippen LogP contribution in [0.3, 0.4) is 0 Å². The van der Waals surface area contributed by atoms with E-state index >= 15 is 9.18 Å². The van der Waals surface area contributed by atoms with Gasteiger partial charge in [-0.2, -0.15) is 5.10 Å². The van der Waals surface area contributed by atoms with Gasteiger partial charge < -0.3 is 29.2 Å². The third-order valence-corrected chi connectivity index (χ3v) is 17.8. The zero-order valence-corrected chi connectivity index (χ0v) is 39.4. The number of halogens is 1. The van der Waals surface area contributed by atoms with E-state index in [9.17, 15) is 19.3 Å². The molecule has 0 spiro atoms. The Bertz CT molecular complexity index is 3240. The molecule has 3 aliphatic rings. The Balaban J connectivity index is 1.11. The molecule has 3 aromatic carbocycles. The van der Waals surface area contributed by atoms with E-state index in [0.29, 0.717) is 107 Å². The molecule has 16 nitrogen and oxygen atoms in total. The summed E-state index contributed by atoms with van der Waals surface area (Å²) in [5, 5.41) is 23.7. The van der Waals surface area contributed by atoms with E-state index in [1.165, 1.54) is 14.7 Å². The first-order valence-electron chi connectivity index (χ1n) is 23.0. The SMILES string of the molecule is CCP(=O)(CCO)c1ccc(-n2ccn(-c3c4c(nn3-c3cc(C)c(F)c(C)c3)CCN(C(=O)c3cc5cc(C6CCOCC6)ccc5n3[C@@]3(c5noc(=O)[nH]5)C[C@@H]3C)[C@H]4C)c2=O)cc1NC. The monoisotopic (exact) mass is 931 g/mol. The topological polar surface area (TPSA) is 187 Å². The number of H-pyrrole nitrogens is 1. The van der Waals surface area contributed by atoms with Gasteiger partial charge in [-0.3, -0.25) is 23.4 Å². The number of carbonyl (C=O) groups is 1. The molecular weight excluding hydrogens is 877 g/mol. The zero-order chi connectivity index (χ0) is 47.1. The highest BCUT2D eigenvalue weighted by Gasteiger charge is 2.59. The number of hydrogen-bond donors (Lipinski definition) is 3. The number of aryl methyl sites for hydroxylation is 2. The molecule has 10 rings (SSSR count). The largest absolute Gasteiger partial charge is 0.438 e. The fourth-order valence-electron chi connectivity index (χ4n) is 10.8. The maximum Gasteiger partial charge on any atom is 0.438 e. The van der Waals surface area contributed by atoms with Crippen LogP contribution in [0.2, 0.25) is 0 Å². The van der Waals surface area contributed by atoms with Gasteiger partial charge in [0.25, 0.3) is 5.91 Å². The average Bonchev–Trinajstić information content (AvgIpc) is 3.83. The highest BCUT2D eigenvalue weighted by atomic mass is 31.2. The van der Waals surface area contributed by atoms with Crippen LogP contribution >= 0.6 is 7.14 Å². The number of imidazole rings is 1. The number of anilines is 1. The van der Waals surface area contributed by atoms with Gasteiger partial charge >= 0.3 is 11.4 Å². The van der Waals surface area contributed by atoms with Gasteiger partial charge in [0.05, 0.1) is 29.7 Å². The minimum Gasteiger partial charge on any atom is -0.396 e. The van der Waals surface area contributed by atoms with Crippen LogP contribution in [0.4, 0.5) is 10.1 Å². The van der Waals surface area contributed by atoms with Crippen LogP contribution in [-0.2, 0) is 21.3 Å². The van der Waals surface area contributed by atoms with E-state index in [0.717, 1.165) is 23.7 Å². The summed E-state index contributed by atoms with van der Waals surface area (Å²) >= 11 is 0. The molecule has 1 saturated heterocycles. The third-order valence-electron chi connectivity index (χ3n) is 14.6. The number of aliphatic hydroxyl groups excluding tert-OH is 1. The maximum atomic E-state index is 15.5. The Labute approximate surface area is 385 Å². The molecule has 1 saturated carbocycles. The van der Waals surface area contributed by atoms with Gasteiger partial charge in [0.2, 0.25) is 0 Å². The Morgan fingerprint density at radius 1 is 1.01 bits per heavy atom. The van der Waals surface area contributed by atoms with Crippen LogP contribution in [-0.4, -0.2) is 95.3 Å². The number of aromatic amines is 1. The van der Waals surface area contributed by atoms with Crippen LogP contribution in [0, 0.1) is 25.6 Å². The van der Waals surface area contributed by atoms with Gasteiger partial charge in [0, 0.05) is 85.4 Å². The molecule has 1 amide bonds. The minimum atomic E-state index is -2.92. The molecule has 4 aromatic heterocycles. The highest BCUT2D eigenvalue weighted by Crippen LogP contribution is 2.56. The summed E-state index contributed by atoms with van der Waals surface area (Å²) in [5.74, 6) is -0.143. The van der Waals surface area contributed by atoms with E-state index in [-0.39, 0.29) is 30.4 Å². The van der Waals surface area contributed by atoms with Gasteiger partial charge in [-0.05, 0) is 117 Å². The van der Waals surface area contributed by atoms with Crippen molar-refractivity contribution in [1.82, 2.24) is 38.5 Å². The zero-order valence-electron chi connectivity index (χ0n) is 38.5. The van der Waals surface area contributed by atoms with Crippen molar-refractivity contribution in [2.45, 2.75) is 77.8 Å². The van der Waals surface area contributed by atoms with Gasteiger partial charge in [-0.1, -0.05) is 25.1 Å². The van der Waals surface area contributed by atoms with Gasteiger partial charge in [0.15, 0.2) is 5.82 Å². The minimum absolute atomic E-state index is 0.0106. The standard InChI is InChI=1S/C49H55FN9O7P/c1-7-67(64,21-18-60)41-11-9-35(26-38(41)51-6)56-16-17-57(48(56)63)44-42-31(5)55(15-12-37(42)53-59(44)36-22-28(2)43(50)29(3)23-36)45(61)40-25-34-24-33(32-13-19-65-20-14-32)8-10-39(34)58(40)49(27-30(49)4)46-52-47(62)66-54-46/h8-11,16-17,22-26,30-32,51,60H,7,12-15,18-21,27H2,1-6H3,(H,52,54,62)/t30-,31-,49-,67?/m0/s1. The lowest BCUT2D eigenvalue weighted by atomic mass is 9.91. The molecule has 4 atom stereocenters. The van der Waals surface area contributed by atoms with Crippen LogP contribution in [0.25, 0.3) is 28.1 Å². The number of rotatable bonds is 12. The number of nitrogens with zero attached hydrogens (tertiary/aromatic N) is 7. The molecule has 1 unspecified atom stereocenters. The average molecular weight is 932 g/mol. The molecule has 2 aliphatic heterocycles. The molecule has 18 heteroatoms. The van der Waals surface area contributed by atoms with Crippen LogP contribution in [0.5, 0.6) is 0 Å². The molecule has 6 heterocycles. The number of aliphatic hydroxyl groups is 1. The number of carbonyl (C=O) groups excluding carboxylic acids is 1. The van der Waals surface area contributed by atoms with E-state index in [1.807, 2.05) is 29.4 Å². The second kappa shape index (κ2) is 16.8. The highest BCUT2D eigenvalue weighted by molar-refractivity contribution is 7.71. The lowest BCUT2D eigenvalue weighted by Gasteiger charge is -2.34. The molecule has 0 radical (unpaired) electrons. The third kappa shape index (κ3) is 7.16. The Kier molecular flexibility index (Phi) is 11.2. The lowest BCUT2D eigenvalue weighted by Crippen LogP contribution is -2.41. The van der Waals surface area contributed by atoms with Crippen molar-refractivity contribution in [2.24, 2.45) is 5.92 Å². The second-order valence-electron chi connectivity index (χ2n) is 18.4. The summed E-state index contributed by atoms with van der Waals surface area (Å²) in [6.07, 6.45) is 6.63. The van der Waals surface area contributed by atoms with Crippen LogP contribution in [0.1, 0.15) is 96.3 Å². The van der Waals surface area contributed by atoms with Gasteiger partial charge in [0.1, 0.15) is 30.0 Å². The van der Waals surface area contributed by atoms with Crippen LogP contribution in [0.15, 0.2) is 81.1 Å². The van der Waals surface area contributed by atoms with Crippen molar-refractivity contribution >= 4 is 34.9 Å². The second-order valence-corrected chi connectivity index (χ2v) is 21.7. The van der Waals surface area contributed by atoms with Crippen molar-refractivity contribution in [3.63, 3.8) is 0 Å². The lowest BCUT2D eigenvalue weighted by molar-refractivity contribution is 0.0663. The maximum absolute atomic E-state index is 15.5. The summed E-state index contributed by atoms with van der Waals surface area (Å²) < 4.78 is 46.5. The summed E-state index contributed by atoms with van der Waals surface area (Å²) in [5.41, 5.74) is 5.03. The summed E-state index contributed by atoms with van der Waals surface area (Å²) in [4.78, 5) is 47.4. The molecule has 67 heavy (non-hydrogen) atoms. The van der Waals surface area contributed by atoms with Gasteiger partial charge in [-0.15, -0.1) is 0 Å². The van der Waals surface area contributed by atoms with E-state index in [2.05, 4.69) is 40.6 Å². The first kappa shape index (κ1) is 44.5. The number of amides is 1. The fraction of sp³-hybridized carbons (Fsp3) is 0.408. The first-order valence-corrected chi connectivity index (χ1v) is 25.1. The number of benzene rings is 3. The normalized spacial score (nSPS) is 20.6. The van der Waals surface area contributed by atoms with E-state index in [1.54, 1.807) is 68.3 Å². The molecular formula is C49H55FN9O7P.